The Hall–Kier alpha value is -2.33. The van der Waals surface area contributed by atoms with Crippen molar-refractivity contribution in [3.05, 3.63) is 65.7 Å². The molecule has 1 fully saturated rings. The quantitative estimate of drug-likeness (QED) is 0.584. The number of nitrogens with zero attached hydrogens (tertiary/aromatic N) is 1. The Morgan fingerprint density at radius 2 is 1.87 bits per heavy atom. The number of rotatable bonds is 8. The molecular weight excluding hydrogens is 374 g/mol. The van der Waals surface area contributed by atoms with Crippen LogP contribution in [0.5, 0.6) is 5.75 Å². The summed E-state index contributed by atoms with van der Waals surface area (Å²) in [6.07, 6.45) is 3.03. The van der Waals surface area contributed by atoms with E-state index in [0.29, 0.717) is 18.4 Å². The van der Waals surface area contributed by atoms with Gasteiger partial charge in [-0.15, -0.1) is 0 Å². The maximum Gasteiger partial charge on any atom is 0.219 e. The number of amides is 1. The molecule has 1 aliphatic rings. The zero-order chi connectivity index (χ0) is 21.6. The van der Waals surface area contributed by atoms with Crippen LogP contribution in [0.1, 0.15) is 57.1 Å². The van der Waals surface area contributed by atoms with Crippen molar-refractivity contribution in [2.45, 2.75) is 58.1 Å². The third-order valence-electron chi connectivity index (χ3n) is 6.22. The summed E-state index contributed by atoms with van der Waals surface area (Å²) in [5.74, 6) is 1.92. The van der Waals surface area contributed by atoms with E-state index in [1.165, 1.54) is 11.1 Å². The average molecular weight is 410 g/mol. The fraction of sp³-hybridized carbons (Fsp3) is 0.500. The number of methoxy groups -OCH3 is 1. The third-order valence-corrected chi connectivity index (χ3v) is 6.22. The van der Waals surface area contributed by atoms with Gasteiger partial charge in [0.05, 0.1) is 12.7 Å². The second-order valence-electron chi connectivity index (χ2n) is 8.96. The van der Waals surface area contributed by atoms with E-state index in [0.717, 1.165) is 38.2 Å². The second-order valence-corrected chi connectivity index (χ2v) is 8.96. The maximum absolute atomic E-state index is 12.3. The first-order chi connectivity index (χ1) is 14.4. The first kappa shape index (κ1) is 22.4. The maximum atomic E-state index is 12.3. The minimum atomic E-state index is -0.0993. The molecule has 0 N–H and O–H groups in total. The van der Waals surface area contributed by atoms with Gasteiger partial charge in [0.25, 0.3) is 0 Å². The monoisotopic (exact) mass is 409 g/mol. The third kappa shape index (κ3) is 6.09. The van der Waals surface area contributed by atoms with E-state index in [2.05, 4.69) is 38.1 Å². The number of hydrogen-bond donors (Lipinski definition) is 0. The highest BCUT2D eigenvalue weighted by atomic mass is 16.5. The predicted octanol–water partition coefficient (Wildman–Crippen LogP) is 5.42. The summed E-state index contributed by atoms with van der Waals surface area (Å²) in [6.45, 7) is 8.24. The van der Waals surface area contributed by atoms with Crippen LogP contribution in [0, 0.1) is 5.92 Å². The first-order valence-corrected chi connectivity index (χ1v) is 11.0. The van der Waals surface area contributed by atoms with Crippen LogP contribution in [0.25, 0.3) is 0 Å². The summed E-state index contributed by atoms with van der Waals surface area (Å²) >= 11 is 0. The van der Waals surface area contributed by atoms with E-state index < -0.39 is 0 Å². The Labute approximate surface area is 181 Å². The highest BCUT2D eigenvalue weighted by Crippen LogP contribution is 2.40. The number of carbonyl (C=O) groups is 1. The molecule has 30 heavy (non-hydrogen) atoms. The fourth-order valence-corrected chi connectivity index (χ4v) is 4.59. The summed E-state index contributed by atoms with van der Waals surface area (Å²) in [5, 5.41) is 0. The minimum Gasteiger partial charge on any atom is -0.497 e. The number of benzene rings is 2. The van der Waals surface area contributed by atoms with Gasteiger partial charge in [0.15, 0.2) is 0 Å². The fourth-order valence-electron chi connectivity index (χ4n) is 4.59. The van der Waals surface area contributed by atoms with Gasteiger partial charge in [-0.3, -0.25) is 4.79 Å². The molecule has 0 saturated carbocycles. The van der Waals surface area contributed by atoms with Gasteiger partial charge in [0, 0.05) is 26.6 Å². The molecule has 0 spiro atoms. The van der Waals surface area contributed by atoms with Crippen LogP contribution in [-0.2, 0) is 16.1 Å². The van der Waals surface area contributed by atoms with Gasteiger partial charge < -0.3 is 14.4 Å². The van der Waals surface area contributed by atoms with Gasteiger partial charge in [0.1, 0.15) is 5.75 Å². The lowest BCUT2D eigenvalue weighted by atomic mass is 9.75. The van der Waals surface area contributed by atoms with Crippen molar-refractivity contribution in [1.29, 1.82) is 0 Å². The van der Waals surface area contributed by atoms with Crippen molar-refractivity contribution < 1.29 is 14.3 Å². The topological polar surface area (TPSA) is 38.8 Å². The number of ether oxygens (including phenoxy) is 2. The summed E-state index contributed by atoms with van der Waals surface area (Å²) in [5.41, 5.74) is 2.39. The molecule has 0 unspecified atom stereocenters. The first-order valence-electron chi connectivity index (χ1n) is 11.0. The molecule has 1 aliphatic heterocycles. The second kappa shape index (κ2) is 10.1. The van der Waals surface area contributed by atoms with Crippen LogP contribution >= 0.6 is 0 Å². The van der Waals surface area contributed by atoms with E-state index in [1.807, 2.05) is 35.2 Å². The predicted molar refractivity (Wildman–Crippen MR) is 121 cm³/mol. The van der Waals surface area contributed by atoms with Gasteiger partial charge in [-0.2, -0.15) is 0 Å². The van der Waals surface area contributed by atoms with Crippen molar-refractivity contribution >= 4 is 5.91 Å². The molecule has 2 aromatic carbocycles. The van der Waals surface area contributed by atoms with E-state index in [4.69, 9.17) is 9.47 Å². The SMILES string of the molecule is COc1ccc([C@@H](CCN(Cc2ccccc2)C(C)=O)[C@H]2CCOC(C)(C)C2)cc1. The molecule has 4 heteroatoms. The van der Waals surface area contributed by atoms with Crippen LogP contribution < -0.4 is 4.74 Å². The zero-order valence-corrected chi connectivity index (χ0v) is 18.8. The molecule has 3 rings (SSSR count). The normalized spacial score (nSPS) is 19.1. The molecule has 2 aromatic rings. The molecule has 0 aliphatic carbocycles. The summed E-state index contributed by atoms with van der Waals surface area (Å²) in [7, 11) is 1.70. The van der Waals surface area contributed by atoms with Crippen LogP contribution in [-0.4, -0.2) is 36.7 Å². The lowest BCUT2D eigenvalue weighted by molar-refractivity contribution is -0.129. The van der Waals surface area contributed by atoms with Gasteiger partial charge in [-0.25, -0.2) is 0 Å². The Morgan fingerprint density at radius 1 is 1.17 bits per heavy atom. The smallest absolute Gasteiger partial charge is 0.219 e. The van der Waals surface area contributed by atoms with Crippen LogP contribution in [0.15, 0.2) is 54.6 Å². The van der Waals surface area contributed by atoms with Crippen LogP contribution in [0.2, 0.25) is 0 Å². The van der Waals surface area contributed by atoms with Gasteiger partial charge >= 0.3 is 0 Å². The van der Waals surface area contributed by atoms with Crippen molar-refractivity contribution in [1.82, 2.24) is 4.90 Å². The largest absolute Gasteiger partial charge is 0.497 e. The molecule has 2 atom stereocenters. The standard InChI is InChI=1S/C26H35NO3/c1-20(28)27(19-21-8-6-5-7-9-21)16-14-25(22-10-12-24(29-4)13-11-22)23-15-17-30-26(2,3)18-23/h5-13,23,25H,14-19H2,1-4H3/t23-,25+/m0/s1. The van der Waals surface area contributed by atoms with E-state index in [-0.39, 0.29) is 11.5 Å². The molecule has 0 bridgehead atoms. The highest BCUT2D eigenvalue weighted by molar-refractivity contribution is 5.73. The molecule has 162 valence electrons. The molecule has 4 nitrogen and oxygen atoms in total. The Kier molecular flexibility index (Phi) is 7.54. The summed E-state index contributed by atoms with van der Waals surface area (Å²) in [6, 6.07) is 18.7. The lowest BCUT2D eigenvalue weighted by Gasteiger charge is -2.40. The van der Waals surface area contributed by atoms with E-state index in [9.17, 15) is 4.79 Å². The molecular formula is C26H35NO3. The van der Waals surface area contributed by atoms with Gasteiger partial charge in [-0.05, 0) is 68.2 Å². The Morgan fingerprint density at radius 3 is 2.47 bits per heavy atom. The highest BCUT2D eigenvalue weighted by Gasteiger charge is 2.34. The summed E-state index contributed by atoms with van der Waals surface area (Å²) < 4.78 is 11.3. The van der Waals surface area contributed by atoms with Crippen molar-refractivity contribution in [2.75, 3.05) is 20.3 Å². The number of carbonyl (C=O) groups excluding carboxylic acids is 1. The van der Waals surface area contributed by atoms with Gasteiger partial charge in [-0.1, -0.05) is 42.5 Å². The molecule has 1 amide bonds. The summed E-state index contributed by atoms with van der Waals surface area (Å²) in [4.78, 5) is 14.3. The molecule has 0 radical (unpaired) electrons. The van der Waals surface area contributed by atoms with Crippen molar-refractivity contribution in [3.8, 4) is 5.75 Å². The molecule has 0 aromatic heterocycles. The van der Waals surface area contributed by atoms with Crippen LogP contribution in [0.3, 0.4) is 0 Å². The number of hydrogen-bond acceptors (Lipinski definition) is 3. The lowest BCUT2D eigenvalue weighted by Crippen LogP contribution is -2.37. The average Bonchev–Trinajstić information content (AvgIpc) is 2.73. The molecule has 1 heterocycles. The Bertz CT molecular complexity index is 801. The molecule has 1 saturated heterocycles. The van der Waals surface area contributed by atoms with E-state index in [1.54, 1.807) is 14.0 Å². The van der Waals surface area contributed by atoms with E-state index >= 15 is 0 Å². The minimum absolute atomic E-state index is 0.0993. The Balaban J connectivity index is 1.77. The van der Waals surface area contributed by atoms with Crippen molar-refractivity contribution in [3.63, 3.8) is 0 Å². The van der Waals surface area contributed by atoms with Crippen molar-refractivity contribution in [2.24, 2.45) is 5.92 Å². The van der Waals surface area contributed by atoms with Gasteiger partial charge in [0.2, 0.25) is 5.91 Å². The zero-order valence-electron chi connectivity index (χ0n) is 18.8. The van der Waals surface area contributed by atoms with Crippen LogP contribution in [0.4, 0.5) is 0 Å².